The maximum absolute atomic E-state index is 13.9. The summed E-state index contributed by atoms with van der Waals surface area (Å²) in [5, 5.41) is 3.11. The molecule has 2 unspecified atom stereocenters. The van der Waals surface area contributed by atoms with Crippen LogP contribution in [-0.2, 0) is 0 Å². The lowest BCUT2D eigenvalue weighted by Crippen LogP contribution is -2.52. The molecule has 150 valence electrons. The van der Waals surface area contributed by atoms with Gasteiger partial charge in [-0.2, -0.15) is 0 Å². The molecule has 2 heterocycles. The molecule has 2 atom stereocenters. The number of halogens is 1. The molecule has 1 aliphatic heterocycles. The van der Waals surface area contributed by atoms with Crippen LogP contribution in [0.1, 0.15) is 45.2 Å². The molecule has 0 bridgehead atoms. The molecule has 0 radical (unpaired) electrons. The van der Waals surface area contributed by atoms with Crippen LogP contribution in [0, 0.1) is 11.2 Å². The van der Waals surface area contributed by atoms with Gasteiger partial charge in [0.15, 0.2) is 11.6 Å². The summed E-state index contributed by atoms with van der Waals surface area (Å²) in [6.07, 6.45) is 5.41. The quantitative estimate of drug-likeness (QED) is 0.821. The summed E-state index contributed by atoms with van der Waals surface area (Å²) in [7, 11) is 0. The van der Waals surface area contributed by atoms with Crippen LogP contribution >= 0.6 is 0 Å². The average Bonchev–Trinajstić information content (AvgIpc) is 3.16. The highest BCUT2D eigenvalue weighted by molar-refractivity contribution is 5.75. The first kappa shape index (κ1) is 20.1. The van der Waals surface area contributed by atoms with Gasteiger partial charge in [-0.05, 0) is 48.1 Å². The number of urea groups is 1. The van der Waals surface area contributed by atoms with Crippen molar-refractivity contribution in [1.29, 1.82) is 0 Å². The third-order valence-electron chi connectivity index (χ3n) is 5.19. The van der Waals surface area contributed by atoms with Gasteiger partial charge >= 0.3 is 6.03 Å². The van der Waals surface area contributed by atoms with Gasteiger partial charge in [-0.15, -0.1) is 0 Å². The smallest absolute Gasteiger partial charge is 0.318 e. The third-order valence-corrected chi connectivity index (χ3v) is 5.19. The molecule has 3 rings (SSSR count). The Balaban J connectivity index is 1.68. The fourth-order valence-electron chi connectivity index (χ4n) is 3.42. The van der Waals surface area contributed by atoms with E-state index in [1.54, 1.807) is 30.6 Å². The second-order valence-corrected chi connectivity index (χ2v) is 8.24. The number of carbonyl (C=O) groups is 1. The molecule has 0 saturated carbocycles. The summed E-state index contributed by atoms with van der Waals surface area (Å²) in [4.78, 5) is 19.0. The lowest BCUT2D eigenvalue weighted by atomic mass is 9.87. The zero-order valence-electron chi connectivity index (χ0n) is 16.7. The Morgan fingerprint density at radius 3 is 2.68 bits per heavy atom. The first-order valence-electron chi connectivity index (χ1n) is 9.70. The van der Waals surface area contributed by atoms with Gasteiger partial charge in [0.05, 0.1) is 12.1 Å². The van der Waals surface area contributed by atoms with Crippen LogP contribution in [0.4, 0.5) is 9.18 Å². The van der Waals surface area contributed by atoms with Crippen LogP contribution in [0.15, 0.2) is 48.8 Å². The maximum atomic E-state index is 13.9. The van der Waals surface area contributed by atoms with Crippen LogP contribution in [0.2, 0.25) is 0 Å². The monoisotopic (exact) mass is 385 g/mol. The van der Waals surface area contributed by atoms with Gasteiger partial charge in [0.2, 0.25) is 0 Å². The molecule has 0 spiro atoms. The Hall–Kier alpha value is -2.63. The summed E-state index contributed by atoms with van der Waals surface area (Å²) < 4.78 is 19.5. The Kier molecular flexibility index (Phi) is 6.17. The lowest BCUT2D eigenvalue weighted by molar-refractivity contribution is 0.147. The van der Waals surface area contributed by atoms with Crippen molar-refractivity contribution in [2.24, 2.45) is 5.41 Å². The normalized spacial score (nSPS) is 18.0. The molecule has 5 nitrogen and oxygen atoms in total. The molecule has 6 heteroatoms. The Morgan fingerprint density at radius 2 is 2.00 bits per heavy atom. The topological polar surface area (TPSA) is 54.5 Å². The number of nitrogens with zero attached hydrogens (tertiary/aromatic N) is 2. The molecule has 2 amide bonds. The second kappa shape index (κ2) is 8.59. The SMILES string of the molecule is CC(C)(C)C(COc1ccccc1F)NC(=O)N1CCCC1c1ccncc1. The molecule has 1 aliphatic rings. The number of hydrogen-bond acceptors (Lipinski definition) is 3. The molecule has 1 saturated heterocycles. The van der Waals surface area contributed by atoms with Crippen molar-refractivity contribution >= 4 is 6.03 Å². The number of ether oxygens (including phenoxy) is 1. The summed E-state index contributed by atoms with van der Waals surface area (Å²) in [5.74, 6) is -0.208. The third kappa shape index (κ3) is 4.80. The van der Waals surface area contributed by atoms with E-state index in [1.165, 1.54) is 6.07 Å². The maximum Gasteiger partial charge on any atom is 0.318 e. The van der Waals surface area contributed by atoms with E-state index >= 15 is 0 Å². The first-order valence-corrected chi connectivity index (χ1v) is 9.70. The minimum atomic E-state index is -0.404. The molecule has 1 aromatic heterocycles. The number of para-hydroxylation sites is 1. The largest absolute Gasteiger partial charge is 0.488 e. The van der Waals surface area contributed by atoms with Crippen LogP contribution in [0.3, 0.4) is 0 Å². The molecule has 28 heavy (non-hydrogen) atoms. The highest BCUT2D eigenvalue weighted by Gasteiger charge is 2.34. The number of benzene rings is 1. The van der Waals surface area contributed by atoms with Gasteiger partial charge in [-0.3, -0.25) is 4.98 Å². The van der Waals surface area contributed by atoms with Gasteiger partial charge in [-0.1, -0.05) is 32.9 Å². The Bertz CT molecular complexity index is 792. The van der Waals surface area contributed by atoms with E-state index in [4.69, 9.17) is 4.74 Å². The summed E-state index contributed by atoms with van der Waals surface area (Å²) in [6.45, 7) is 7.01. The summed E-state index contributed by atoms with van der Waals surface area (Å²) >= 11 is 0. The Labute approximate surface area is 165 Å². The molecule has 2 aromatic rings. The van der Waals surface area contributed by atoms with Crippen molar-refractivity contribution in [1.82, 2.24) is 15.2 Å². The molecular formula is C22H28FN3O2. The zero-order chi connectivity index (χ0) is 20.1. The van der Waals surface area contributed by atoms with E-state index in [-0.39, 0.29) is 35.9 Å². The highest BCUT2D eigenvalue weighted by atomic mass is 19.1. The predicted octanol–water partition coefficient (Wildman–Crippen LogP) is 4.56. The fourth-order valence-corrected chi connectivity index (χ4v) is 3.42. The van der Waals surface area contributed by atoms with E-state index in [0.29, 0.717) is 6.54 Å². The highest BCUT2D eigenvalue weighted by Crippen LogP contribution is 2.32. The number of likely N-dealkylation sites (tertiary alicyclic amines) is 1. The van der Waals surface area contributed by atoms with Gasteiger partial charge in [0.1, 0.15) is 6.61 Å². The van der Waals surface area contributed by atoms with E-state index < -0.39 is 5.82 Å². The van der Waals surface area contributed by atoms with Crippen LogP contribution in [0.25, 0.3) is 0 Å². The van der Waals surface area contributed by atoms with Crippen LogP contribution in [-0.4, -0.2) is 35.1 Å². The first-order chi connectivity index (χ1) is 13.4. The van der Waals surface area contributed by atoms with Crippen LogP contribution in [0.5, 0.6) is 5.75 Å². The second-order valence-electron chi connectivity index (χ2n) is 8.24. The number of amides is 2. The Morgan fingerprint density at radius 1 is 1.29 bits per heavy atom. The number of nitrogens with one attached hydrogen (secondary N) is 1. The summed E-state index contributed by atoms with van der Waals surface area (Å²) in [6, 6.07) is 9.90. The van der Waals surface area contributed by atoms with Crippen molar-refractivity contribution in [3.05, 3.63) is 60.2 Å². The van der Waals surface area contributed by atoms with Crippen molar-refractivity contribution < 1.29 is 13.9 Å². The fraction of sp³-hybridized carbons (Fsp3) is 0.455. The molecule has 1 aromatic carbocycles. The lowest BCUT2D eigenvalue weighted by Gasteiger charge is -2.34. The molecule has 0 aliphatic carbocycles. The van der Waals surface area contributed by atoms with E-state index in [0.717, 1.165) is 18.4 Å². The van der Waals surface area contributed by atoms with Gasteiger partial charge < -0.3 is 15.0 Å². The molecule has 1 fully saturated rings. The number of aromatic nitrogens is 1. The van der Waals surface area contributed by atoms with Gasteiger partial charge in [0.25, 0.3) is 0 Å². The number of rotatable bonds is 5. The number of hydrogen-bond donors (Lipinski definition) is 1. The standard InChI is InChI=1S/C22H28FN3O2/c1-22(2,3)20(15-28-19-9-5-4-7-17(19)23)25-21(27)26-14-6-8-18(26)16-10-12-24-13-11-16/h4-5,7,9-13,18,20H,6,8,14-15H2,1-3H3,(H,25,27). The minimum absolute atomic E-state index is 0.0519. The van der Waals surface area contributed by atoms with Crippen molar-refractivity contribution in [2.45, 2.75) is 45.7 Å². The van der Waals surface area contributed by atoms with Gasteiger partial charge in [-0.25, -0.2) is 9.18 Å². The molecule has 1 N–H and O–H groups in total. The minimum Gasteiger partial charge on any atom is -0.488 e. The molecular weight excluding hydrogens is 357 g/mol. The van der Waals surface area contributed by atoms with E-state index in [9.17, 15) is 9.18 Å². The van der Waals surface area contributed by atoms with Crippen molar-refractivity contribution in [3.8, 4) is 5.75 Å². The van der Waals surface area contributed by atoms with Crippen molar-refractivity contribution in [2.75, 3.05) is 13.2 Å². The van der Waals surface area contributed by atoms with E-state index in [1.807, 2.05) is 37.8 Å². The number of pyridine rings is 1. The summed E-state index contributed by atoms with van der Waals surface area (Å²) in [5.41, 5.74) is 0.852. The average molecular weight is 385 g/mol. The number of carbonyl (C=O) groups excluding carboxylic acids is 1. The van der Waals surface area contributed by atoms with Crippen LogP contribution < -0.4 is 10.1 Å². The van der Waals surface area contributed by atoms with Crippen molar-refractivity contribution in [3.63, 3.8) is 0 Å². The van der Waals surface area contributed by atoms with Gasteiger partial charge in [0, 0.05) is 18.9 Å². The van der Waals surface area contributed by atoms with E-state index in [2.05, 4.69) is 10.3 Å². The zero-order valence-corrected chi connectivity index (χ0v) is 16.7. The predicted molar refractivity (Wildman–Crippen MR) is 107 cm³/mol.